The summed E-state index contributed by atoms with van der Waals surface area (Å²) in [5.41, 5.74) is 3.02. The van der Waals surface area contributed by atoms with E-state index in [1.165, 1.54) is 5.56 Å². The summed E-state index contributed by atoms with van der Waals surface area (Å²) in [5.74, 6) is 0.103. The van der Waals surface area contributed by atoms with Crippen LogP contribution in [0.4, 0.5) is 0 Å². The standard InChI is InChI=1S/C15H20N2O3S/c1-11-10-21(19,20)8-7-17(11)15(18)14-4-2-3-12-9-16-6-5-13(12)14/h2-4,11,16H,5-10H2,1H3. The smallest absolute Gasteiger partial charge is 0.254 e. The predicted octanol–water partition coefficient (Wildman–Crippen LogP) is 0.591. The van der Waals surface area contributed by atoms with E-state index >= 15 is 0 Å². The van der Waals surface area contributed by atoms with Gasteiger partial charge < -0.3 is 10.2 Å². The molecule has 1 N–H and O–H groups in total. The zero-order valence-electron chi connectivity index (χ0n) is 12.1. The largest absolute Gasteiger partial charge is 0.334 e. The van der Waals surface area contributed by atoms with Gasteiger partial charge in [0.1, 0.15) is 0 Å². The minimum absolute atomic E-state index is 0.0313. The van der Waals surface area contributed by atoms with Gasteiger partial charge in [0.15, 0.2) is 9.84 Å². The van der Waals surface area contributed by atoms with Crippen molar-refractivity contribution in [3.63, 3.8) is 0 Å². The molecule has 2 heterocycles. The van der Waals surface area contributed by atoms with E-state index in [-0.39, 0.29) is 23.5 Å². The molecule has 114 valence electrons. The first kappa shape index (κ1) is 14.5. The minimum atomic E-state index is -3.00. The molecule has 1 fully saturated rings. The monoisotopic (exact) mass is 308 g/mol. The molecule has 3 rings (SSSR count). The van der Waals surface area contributed by atoms with Crippen molar-refractivity contribution in [1.29, 1.82) is 0 Å². The van der Waals surface area contributed by atoms with Crippen LogP contribution in [-0.4, -0.2) is 49.9 Å². The highest BCUT2D eigenvalue weighted by Crippen LogP contribution is 2.22. The molecule has 0 radical (unpaired) electrons. The SMILES string of the molecule is CC1CS(=O)(=O)CCN1C(=O)c1cccc2c1CCNC2. The summed E-state index contributed by atoms with van der Waals surface area (Å²) < 4.78 is 23.3. The van der Waals surface area contributed by atoms with Gasteiger partial charge in [-0.05, 0) is 37.1 Å². The number of carbonyl (C=O) groups excluding carboxylic acids is 1. The van der Waals surface area contributed by atoms with Crippen LogP contribution < -0.4 is 5.32 Å². The molecule has 0 aromatic heterocycles. The molecule has 1 aromatic rings. The maximum atomic E-state index is 12.8. The van der Waals surface area contributed by atoms with Crippen LogP contribution in [0.15, 0.2) is 18.2 Å². The van der Waals surface area contributed by atoms with E-state index in [1.807, 2.05) is 25.1 Å². The fraction of sp³-hybridized carbons (Fsp3) is 0.533. The molecule has 2 aliphatic heterocycles. The summed E-state index contributed by atoms with van der Waals surface area (Å²) >= 11 is 0. The van der Waals surface area contributed by atoms with Crippen molar-refractivity contribution >= 4 is 15.7 Å². The summed E-state index contributed by atoms with van der Waals surface area (Å²) in [7, 11) is -3.00. The number of benzene rings is 1. The lowest BCUT2D eigenvalue weighted by molar-refractivity contribution is 0.0711. The molecule has 21 heavy (non-hydrogen) atoms. The predicted molar refractivity (Wildman–Crippen MR) is 81.0 cm³/mol. The number of amides is 1. The van der Waals surface area contributed by atoms with Crippen LogP contribution in [0, 0.1) is 0 Å². The minimum Gasteiger partial charge on any atom is -0.334 e. The summed E-state index contributed by atoms with van der Waals surface area (Å²) in [6.45, 7) is 3.78. The Hall–Kier alpha value is -1.40. The molecule has 2 aliphatic rings. The van der Waals surface area contributed by atoms with Crippen LogP contribution in [-0.2, 0) is 22.8 Å². The average Bonchev–Trinajstić information content (AvgIpc) is 2.45. The molecule has 6 heteroatoms. The second-order valence-corrected chi connectivity index (χ2v) is 8.06. The Morgan fingerprint density at radius 3 is 2.95 bits per heavy atom. The molecule has 1 unspecified atom stereocenters. The van der Waals surface area contributed by atoms with E-state index in [4.69, 9.17) is 0 Å². The van der Waals surface area contributed by atoms with E-state index in [0.717, 1.165) is 30.6 Å². The quantitative estimate of drug-likeness (QED) is 0.825. The Bertz CT molecular complexity index is 669. The highest BCUT2D eigenvalue weighted by Gasteiger charge is 2.32. The van der Waals surface area contributed by atoms with Crippen molar-refractivity contribution in [2.75, 3.05) is 24.6 Å². The van der Waals surface area contributed by atoms with Crippen LogP contribution in [0.3, 0.4) is 0 Å². The van der Waals surface area contributed by atoms with Crippen LogP contribution in [0.25, 0.3) is 0 Å². The van der Waals surface area contributed by atoms with Gasteiger partial charge in [-0.2, -0.15) is 0 Å². The van der Waals surface area contributed by atoms with Crippen LogP contribution in [0.2, 0.25) is 0 Å². The van der Waals surface area contributed by atoms with Gasteiger partial charge in [-0.1, -0.05) is 12.1 Å². The highest BCUT2D eigenvalue weighted by atomic mass is 32.2. The van der Waals surface area contributed by atoms with Gasteiger partial charge in [0.05, 0.1) is 11.5 Å². The molecule has 1 saturated heterocycles. The topological polar surface area (TPSA) is 66.5 Å². The summed E-state index contributed by atoms with van der Waals surface area (Å²) in [5, 5.41) is 3.30. The number of hydrogen-bond donors (Lipinski definition) is 1. The van der Waals surface area contributed by atoms with Crippen molar-refractivity contribution < 1.29 is 13.2 Å². The fourth-order valence-electron chi connectivity index (χ4n) is 3.19. The van der Waals surface area contributed by atoms with Crippen LogP contribution in [0.1, 0.15) is 28.4 Å². The van der Waals surface area contributed by atoms with Gasteiger partial charge in [0.25, 0.3) is 5.91 Å². The normalized spacial score (nSPS) is 24.4. The first-order valence-corrected chi connectivity index (χ1v) is 9.13. The average molecular weight is 308 g/mol. The number of nitrogens with one attached hydrogen (secondary N) is 1. The Balaban J connectivity index is 1.89. The maximum absolute atomic E-state index is 12.8. The fourth-order valence-corrected chi connectivity index (χ4v) is 4.74. The molecule has 1 atom stereocenters. The molecule has 0 bridgehead atoms. The van der Waals surface area contributed by atoms with Gasteiger partial charge in [-0.3, -0.25) is 4.79 Å². The lowest BCUT2D eigenvalue weighted by Gasteiger charge is -2.34. The molecule has 0 aliphatic carbocycles. The van der Waals surface area contributed by atoms with E-state index in [0.29, 0.717) is 6.54 Å². The summed E-state index contributed by atoms with van der Waals surface area (Å²) in [6, 6.07) is 5.56. The molecule has 1 aromatic carbocycles. The summed E-state index contributed by atoms with van der Waals surface area (Å²) in [4.78, 5) is 14.5. The lowest BCUT2D eigenvalue weighted by atomic mass is 9.94. The number of rotatable bonds is 1. The second kappa shape index (κ2) is 5.42. The number of fused-ring (bicyclic) bond motifs is 1. The third-order valence-electron chi connectivity index (χ3n) is 4.30. The zero-order valence-corrected chi connectivity index (χ0v) is 12.9. The Morgan fingerprint density at radius 2 is 2.19 bits per heavy atom. The lowest BCUT2D eigenvalue weighted by Crippen LogP contribution is -2.50. The number of nitrogens with zero attached hydrogens (tertiary/aromatic N) is 1. The van der Waals surface area contributed by atoms with Crippen molar-refractivity contribution in [3.8, 4) is 0 Å². The van der Waals surface area contributed by atoms with Gasteiger partial charge >= 0.3 is 0 Å². The van der Waals surface area contributed by atoms with Crippen molar-refractivity contribution in [1.82, 2.24) is 10.2 Å². The Labute approximate surface area is 125 Å². The van der Waals surface area contributed by atoms with Gasteiger partial charge in [-0.15, -0.1) is 0 Å². The van der Waals surface area contributed by atoms with Crippen molar-refractivity contribution in [2.45, 2.75) is 25.9 Å². The van der Waals surface area contributed by atoms with E-state index < -0.39 is 9.84 Å². The first-order valence-electron chi connectivity index (χ1n) is 7.31. The van der Waals surface area contributed by atoms with Crippen LogP contribution in [0.5, 0.6) is 0 Å². The van der Waals surface area contributed by atoms with E-state index in [9.17, 15) is 13.2 Å². The molecule has 1 amide bonds. The van der Waals surface area contributed by atoms with Gasteiger partial charge in [-0.25, -0.2) is 8.42 Å². The van der Waals surface area contributed by atoms with E-state index in [2.05, 4.69) is 5.32 Å². The molecule has 0 spiro atoms. The van der Waals surface area contributed by atoms with Gasteiger partial charge in [0, 0.05) is 24.7 Å². The zero-order chi connectivity index (χ0) is 15.0. The third kappa shape index (κ3) is 2.82. The highest BCUT2D eigenvalue weighted by molar-refractivity contribution is 7.91. The molecule has 5 nitrogen and oxygen atoms in total. The molecular weight excluding hydrogens is 288 g/mol. The number of hydrogen-bond acceptors (Lipinski definition) is 4. The van der Waals surface area contributed by atoms with Crippen molar-refractivity contribution in [3.05, 3.63) is 34.9 Å². The number of carbonyl (C=O) groups is 1. The summed E-state index contributed by atoms with van der Waals surface area (Å²) in [6.07, 6.45) is 0.845. The second-order valence-electron chi connectivity index (χ2n) is 5.83. The first-order chi connectivity index (χ1) is 9.98. The third-order valence-corrected chi connectivity index (χ3v) is 6.10. The molecular formula is C15H20N2O3S. The van der Waals surface area contributed by atoms with E-state index in [1.54, 1.807) is 4.90 Å². The van der Waals surface area contributed by atoms with Gasteiger partial charge in [0.2, 0.25) is 0 Å². The number of sulfone groups is 1. The Morgan fingerprint density at radius 1 is 1.38 bits per heavy atom. The van der Waals surface area contributed by atoms with Crippen LogP contribution >= 0.6 is 0 Å². The Kier molecular flexibility index (Phi) is 3.75. The maximum Gasteiger partial charge on any atom is 0.254 e. The van der Waals surface area contributed by atoms with Crippen molar-refractivity contribution in [2.24, 2.45) is 0 Å². The molecule has 0 saturated carbocycles.